The van der Waals surface area contributed by atoms with Gasteiger partial charge in [0.1, 0.15) is 0 Å². The Kier molecular flexibility index (Phi) is 6.42. The van der Waals surface area contributed by atoms with Crippen LogP contribution in [0.15, 0.2) is 59.5 Å². The molecule has 152 valence electrons. The second-order valence-electron chi connectivity index (χ2n) is 6.94. The molecule has 28 heavy (non-hydrogen) atoms. The molecule has 0 spiro atoms. The lowest BCUT2D eigenvalue weighted by molar-refractivity contribution is -0.137. The van der Waals surface area contributed by atoms with Crippen molar-refractivity contribution in [3.05, 3.63) is 65.7 Å². The second-order valence-corrected chi connectivity index (χ2v) is 9.05. The first kappa shape index (κ1) is 20.8. The van der Waals surface area contributed by atoms with Gasteiger partial charge < -0.3 is 0 Å². The molecule has 0 aromatic heterocycles. The summed E-state index contributed by atoms with van der Waals surface area (Å²) >= 11 is 0. The lowest BCUT2D eigenvalue weighted by atomic mass is 10.1. The van der Waals surface area contributed by atoms with Gasteiger partial charge in [0.2, 0.25) is 0 Å². The van der Waals surface area contributed by atoms with Crippen molar-refractivity contribution in [1.82, 2.24) is 9.80 Å². The van der Waals surface area contributed by atoms with E-state index in [4.69, 9.17) is 0 Å². The number of hydrogen-bond donors (Lipinski definition) is 0. The second kappa shape index (κ2) is 8.63. The third-order valence-electron chi connectivity index (χ3n) is 4.93. The first-order valence-electron chi connectivity index (χ1n) is 9.13. The molecule has 1 heterocycles. The van der Waals surface area contributed by atoms with Crippen LogP contribution in [0.5, 0.6) is 0 Å². The van der Waals surface area contributed by atoms with E-state index in [1.165, 1.54) is 12.1 Å². The number of nitrogens with zero attached hydrogens (tertiary/aromatic N) is 2. The summed E-state index contributed by atoms with van der Waals surface area (Å²) in [4.78, 5) is 4.63. The SMILES string of the molecule is O=S(=O)(CCN1CCN(Cc2ccc(C(F)(F)F)cc2)CC1)c1ccccc1. The number of hydrogen-bond acceptors (Lipinski definition) is 4. The fourth-order valence-electron chi connectivity index (χ4n) is 3.22. The summed E-state index contributed by atoms with van der Waals surface area (Å²) in [6.07, 6.45) is -4.32. The van der Waals surface area contributed by atoms with E-state index in [0.717, 1.165) is 43.9 Å². The molecule has 1 aliphatic rings. The Labute approximate surface area is 163 Å². The molecule has 0 bridgehead atoms. The molecule has 4 nitrogen and oxygen atoms in total. The third-order valence-corrected chi connectivity index (χ3v) is 6.64. The summed E-state index contributed by atoms with van der Waals surface area (Å²) in [5.74, 6) is 0.0793. The molecule has 0 atom stereocenters. The standard InChI is InChI=1S/C20H23F3N2O2S/c21-20(22,23)18-8-6-17(7-9-18)16-25-12-10-24(11-13-25)14-15-28(26,27)19-4-2-1-3-5-19/h1-9H,10-16H2. The molecule has 2 aromatic rings. The fraction of sp³-hybridized carbons (Fsp3) is 0.400. The quantitative estimate of drug-likeness (QED) is 0.730. The molecule has 0 amide bonds. The third kappa shape index (κ3) is 5.56. The van der Waals surface area contributed by atoms with Gasteiger partial charge in [0.15, 0.2) is 9.84 Å². The lowest BCUT2D eigenvalue weighted by Gasteiger charge is -2.34. The first-order valence-corrected chi connectivity index (χ1v) is 10.8. The van der Waals surface area contributed by atoms with Gasteiger partial charge >= 0.3 is 6.18 Å². The number of sulfone groups is 1. The van der Waals surface area contributed by atoms with Gasteiger partial charge in [0.25, 0.3) is 0 Å². The Bertz CT molecular complexity index is 861. The zero-order valence-electron chi connectivity index (χ0n) is 15.4. The normalized spacial score (nSPS) is 17.0. The van der Waals surface area contributed by atoms with Crippen LogP contribution in [-0.4, -0.2) is 56.7 Å². The molecule has 0 radical (unpaired) electrons. The first-order chi connectivity index (χ1) is 13.2. The van der Waals surface area contributed by atoms with E-state index in [0.29, 0.717) is 18.0 Å². The summed E-state index contributed by atoms with van der Waals surface area (Å²) in [5, 5.41) is 0. The number of halogens is 3. The van der Waals surface area contributed by atoms with Gasteiger partial charge in [-0.05, 0) is 29.8 Å². The molecule has 0 saturated carbocycles. The van der Waals surface area contributed by atoms with E-state index in [1.54, 1.807) is 30.3 Å². The summed E-state index contributed by atoms with van der Waals surface area (Å²) in [6.45, 7) is 4.06. The predicted molar refractivity (Wildman–Crippen MR) is 102 cm³/mol. The Morgan fingerprint density at radius 3 is 1.96 bits per heavy atom. The summed E-state index contributed by atoms with van der Waals surface area (Å²) in [6, 6.07) is 13.7. The van der Waals surface area contributed by atoms with E-state index in [9.17, 15) is 21.6 Å². The van der Waals surface area contributed by atoms with E-state index >= 15 is 0 Å². The van der Waals surface area contributed by atoms with Crippen molar-refractivity contribution in [3.63, 3.8) is 0 Å². The average molecular weight is 412 g/mol. The van der Waals surface area contributed by atoms with E-state index in [2.05, 4.69) is 9.80 Å². The molecule has 0 aliphatic carbocycles. The van der Waals surface area contributed by atoms with Crippen LogP contribution >= 0.6 is 0 Å². The Morgan fingerprint density at radius 2 is 1.39 bits per heavy atom. The maximum atomic E-state index is 12.6. The van der Waals surface area contributed by atoms with Crippen molar-refractivity contribution in [2.24, 2.45) is 0 Å². The van der Waals surface area contributed by atoms with Crippen molar-refractivity contribution in [3.8, 4) is 0 Å². The van der Waals surface area contributed by atoms with Crippen LogP contribution in [0.2, 0.25) is 0 Å². The molecule has 1 fully saturated rings. The topological polar surface area (TPSA) is 40.6 Å². The molecule has 1 aliphatic heterocycles. The molecule has 2 aromatic carbocycles. The highest BCUT2D eigenvalue weighted by Gasteiger charge is 2.30. The summed E-state index contributed by atoms with van der Waals surface area (Å²) < 4.78 is 62.6. The minimum Gasteiger partial charge on any atom is -0.300 e. The van der Waals surface area contributed by atoms with E-state index < -0.39 is 21.6 Å². The zero-order valence-corrected chi connectivity index (χ0v) is 16.2. The van der Waals surface area contributed by atoms with Crippen LogP contribution in [0.3, 0.4) is 0 Å². The van der Waals surface area contributed by atoms with Crippen LogP contribution in [0, 0.1) is 0 Å². The van der Waals surface area contributed by atoms with E-state index in [-0.39, 0.29) is 5.75 Å². The van der Waals surface area contributed by atoms with Gasteiger partial charge in [-0.2, -0.15) is 13.2 Å². The number of piperazine rings is 1. The summed E-state index contributed by atoms with van der Waals surface area (Å²) in [5.41, 5.74) is 0.203. The number of benzene rings is 2. The Morgan fingerprint density at radius 1 is 0.821 bits per heavy atom. The van der Waals surface area contributed by atoms with Crippen LogP contribution < -0.4 is 0 Å². The molecule has 0 N–H and O–H groups in total. The molecular weight excluding hydrogens is 389 g/mol. The van der Waals surface area contributed by atoms with Crippen molar-refractivity contribution in [1.29, 1.82) is 0 Å². The van der Waals surface area contributed by atoms with E-state index in [1.807, 2.05) is 0 Å². The Hall–Kier alpha value is -1.90. The zero-order chi connectivity index (χ0) is 20.2. The minimum atomic E-state index is -4.32. The highest BCUT2D eigenvalue weighted by Crippen LogP contribution is 2.29. The van der Waals surface area contributed by atoms with Gasteiger partial charge in [0, 0.05) is 39.3 Å². The van der Waals surface area contributed by atoms with Crippen molar-refractivity contribution in [2.45, 2.75) is 17.6 Å². The van der Waals surface area contributed by atoms with Crippen LogP contribution in [0.25, 0.3) is 0 Å². The molecule has 8 heteroatoms. The maximum absolute atomic E-state index is 12.6. The number of alkyl halides is 3. The smallest absolute Gasteiger partial charge is 0.300 e. The largest absolute Gasteiger partial charge is 0.416 e. The van der Waals surface area contributed by atoms with Crippen LogP contribution in [-0.2, 0) is 22.6 Å². The van der Waals surface area contributed by atoms with Gasteiger partial charge in [-0.25, -0.2) is 8.42 Å². The van der Waals surface area contributed by atoms with Gasteiger partial charge in [-0.15, -0.1) is 0 Å². The van der Waals surface area contributed by atoms with Crippen molar-refractivity contribution in [2.75, 3.05) is 38.5 Å². The van der Waals surface area contributed by atoms with Gasteiger partial charge in [-0.3, -0.25) is 9.80 Å². The lowest BCUT2D eigenvalue weighted by Crippen LogP contribution is -2.47. The van der Waals surface area contributed by atoms with Crippen LogP contribution in [0.1, 0.15) is 11.1 Å². The Balaban J connectivity index is 1.46. The molecule has 0 unspecified atom stereocenters. The van der Waals surface area contributed by atoms with Crippen molar-refractivity contribution >= 4 is 9.84 Å². The maximum Gasteiger partial charge on any atom is 0.416 e. The molecular formula is C20H23F3N2O2S. The van der Waals surface area contributed by atoms with Gasteiger partial charge in [0.05, 0.1) is 16.2 Å². The van der Waals surface area contributed by atoms with Gasteiger partial charge in [-0.1, -0.05) is 30.3 Å². The fourth-order valence-corrected chi connectivity index (χ4v) is 4.53. The number of rotatable bonds is 6. The minimum absolute atomic E-state index is 0.0793. The monoisotopic (exact) mass is 412 g/mol. The highest BCUT2D eigenvalue weighted by molar-refractivity contribution is 7.91. The molecule has 3 rings (SSSR count). The highest BCUT2D eigenvalue weighted by atomic mass is 32.2. The average Bonchev–Trinajstić information content (AvgIpc) is 2.68. The molecule has 1 saturated heterocycles. The predicted octanol–water partition coefficient (Wildman–Crippen LogP) is 3.30. The van der Waals surface area contributed by atoms with Crippen LogP contribution in [0.4, 0.5) is 13.2 Å². The summed E-state index contributed by atoms with van der Waals surface area (Å²) in [7, 11) is -3.29. The van der Waals surface area contributed by atoms with Crippen molar-refractivity contribution < 1.29 is 21.6 Å².